The molecule has 3 rings (SSSR count). The lowest BCUT2D eigenvalue weighted by atomic mass is 10.1. The summed E-state index contributed by atoms with van der Waals surface area (Å²) in [6.07, 6.45) is -1.62. The first-order valence-electron chi connectivity index (χ1n) is 7.78. The Labute approximate surface area is 154 Å². The van der Waals surface area contributed by atoms with Crippen molar-refractivity contribution in [1.82, 2.24) is 14.7 Å². The third-order valence-electron chi connectivity index (χ3n) is 3.74. The molecule has 0 spiro atoms. The molecule has 0 saturated heterocycles. The molecule has 0 atom stereocenters. The van der Waals surface area contributed by atoms with E-state index < -0.39 is 26.7 Å². The van der Waals surface area contributed by atoms with Crippen molar-refractivity contribution in [2.24, 2.45) is 0 Å². The maximum atomic E-state index is 12.8. The lowest BCUT2D eigenvalue weighted by Gasteiger charge is -2.11. The highest BCUT2D eigenvalue weighted by Gasteiger charge is 2.31. The number of hydrogen-bond acceptors (Lipinski definition) is 4. The van der Waals surface area contributed by atoms with Crippen LogP contribution in [0.2, 0.25) is 0 Å². The van der Waals surface area contributed by atoms with Crippen molar-refractivity contribution >= 4 is 10.0 Å². The maximum absolute atomic E-state index is 12.8. The van der Waals surface area contributed by atoms with Gasteiger partial charge in [-0.2, -0.15) is 13.2 Å². The van der Waals surface area contributed by atoms with Gasteiger partial charge in [0.25, 0.3) is 0 Å². The van der Waals surface area contributed by atoms with Crippen LogP contribution < -0.4 is 4.72 Å². The van der Waals surface area contributed by atoms with E-state index in [0.717, 1.165) is 23.8 Å². The Bertz CT molecular complexity index is 1040. The number of nitrogens with zero attached hydrogens (tertiary/aromatic N) is 2. The lowest BCUT2D eigenvalue weighted by Crippen LogP contribution is -2.23. The van der Waals surface area contributed by atoms with E-state index in [1.54, 1.807) is 30.5 Å². The van der Waals surface area contributed by atoms with Gasteiger partial charge in [0, 0.05) is 18.3 Å². The summed E-state index contributed by atoms with van der Waals surface area (Å²) in [7, 11) is -4.09. The van der Waals surface area contributed by atoms with Gasteiger partial charge in [-0.05, 0) is 35.9 Å². The highest BCUT2D eigenvalue weighted by atomic mass is 32.2. The molecule has 2 aromatic carbocycles. The first-order valence-corrected chi connectivity index (χ1v) is 9.26. The topological polar surface area (TPSA) is 72.0 Å². The number of nitrogens with one attached hydrogen (secondary N) is 1. The van der Waals surface area contributed by atoms with Gasteiger partial charge in [-0.25, -0.2) is 23.1 Å². The fraction of sp³-hybridized carbons (Fsp3) is 0.111. The van der Waals surface area contributed by atoms with Crippen LogP contribution in [-0.2, 0) is 22.7 Å². The fourth-order valence-corrected chi connectivity index (χ4v) is 3.47. The number of sulfonamides is 1. The SMILES string of the molecule is O=S(=O)(NCc1cccc(-c2ccncn2)c1)c1cccc(C(F)(F)F)c1. The highest BCUT2D eigenvalue weighted by molar-refractivity contribution is 7.89. The Morgan fingerprint density at radius 3 is 2.48 bits per heavy atom. The molecule has 0 unspecified atom stereocenters. The summed E-state index contributed by atoms with van der Waals surface area (Å²) < 4.78 is 65.4. The first-order chi connectivity index (χ1) is 12.8. The quantitative estimate of drug-likeness (QED) is 0.718. The normalized spacial score (nSPS) is 12.1. The Kier molecular flexibility index (Phi) is 5.24. The molecule has 1 aromatic heterocycles. The van der Waals surface area contributed by atoms with Gasteiger partial charge in [-0.3, -0.25) is 0 Å². The molecule has 140 valence electrons. The van der Waals surface area contributed by atoms with Gasteiger partial charge in [0.2, 0.25) is 10.0 Å². The standard InChI is InChI=1S/C18H14F3N3O2S/c19-18(20,21)15-5-2-6-16(10-15)27(25,26)24-11-13-3-1-4-14(9-13)17-7-8-22-12-23-17/h1-10,12,24H,11H2. The Balaban J connectivity index is 1.78. The molecule has 3 aromatic rings. The zero-order valence-electron chi connectivity index (χ0n) is 13.8. The number of hydrogen-bond donors (Lipinski definition) is 1. The van der Waals surface area contributed by atoms with E-state index in [-0.39, 0.29) is 6.54 Å². The van der Waals surface area contributed by atoms with Crippen LogP contribution >= 0.6 is 0 Å². The van der Waals surface area contributed by atoms with Gasteiger partial charge >= 0.3 is 6.18 Å². The molecular weight excluding hydrogens is 379 g/mol. The second kappa shape index (κ2) is 7.45. The third kappa shape index (κ3) is 4.69. The molecule has 0 radical (unpaired) electrons. The summed E-state index contributed by atoms with van der Waals surface area (Å²) in [5, 5.41) is 0. The molecule has 0 saturated carbocycles. The van der Waals surface area contributed by atoms with Gasteiger partial charge in [-0.15, -0.1) is 0 Å². The van der Waals surface area contributed by atoms with Crippen LogP contribution in [0.25, 0.3) is 11.3 Å². The van der Waals surface area contributed by atoms with E-state index in [9.17, 15) is 21.6 Å². The molecule has 0 aliphatic heterocycles. The van der Waals surface area contributed by atoms with Crippen molar-refractivity contribution in [3.63, 3.8) is 0 Å². The summed E-state index contributed by atoms with van der Waals surface area (Å²) in [6, 6.07) is 12.3. The number of aromatic nitrogens is 2. The van der Waals surface area contributed by atoms with Crippen LogP contribution in [0, 0.1) is 0 Å². The monoisotopic (exact) mass is 393 g/mol. The molecule has 27 heavy (non-hydrogen) atoms. The minimum absolute atomic E-state index is 0.0719. The van der Waals surface area contributed by atoms with E-state index in [1.165, 1.54) is 6.33 Å². The molecule has 0 amide bonds. The second-order valence-electron chi connectivity index (χ2n) is 5.65. The molecule has 0 fully saturated rings. The minimum atomic E-state index is -4.61. The molecule has 0 bridgehead atoms. The van der Waals surface area contributed by atoms with Crippen LogP contribution in [0.1, 0.15) is 11.1 Å². The average Bonchev–Trinajstić information content (AvgIpc) is 2.67. The lowest BCUT2D eigenvalue weighted by molar-refractivity contribution is -0.137. The largest absolute Gasteiger partial charge is 0.416 e. The summed E-state index contributed by atoms with van der Waals surface area (Å²) in [6.45, 7) is -0.0719. The molecular formula is C18H14F3N3O2S. The van der Waals surface area contributed by atoms with Crippen LogP contribution in [0.5, 0.6) is 0 Å². The van der Waals surface area contributed by atoms with Crippen LogP contribution in [0.15, 0.2) is 72.0 Å². The molecule has 1 heterocycles. The molecule has 0 aliphatic rings. The van der Waals surface area contributed by atoms with E-state index in [0.29, 0.717) is 17.3 Å². The van der Waals surface area contributed by atoms with Gasteiger partial charge in [0.15, 0.2) is 0 Å². The van der Waals surface area contributed by atoms with Crippen molar-refractivity contribution in [3.8, 4) is 11.3 Å². The molecule has 5 nitrogen and oxygen atoms in total. The van der Waals surface area contributed by atoms with Crippen LogP contribution in [0.4, 0.5) is 13.2 Å². The number of alkyl halides is 3. The van der Waals surface area contributed by atoms with Crippen LogP contribution in [0.3, 0.4) is 0 Å². The maximum Gasteiger partial charge on any atom is 0.416 e. The zero-order chi connectivity index (χ0) is 19.5. The van der Waals surface area contributed by atoms with Gasteiger partial charge in [-0.1, -0.05) is 24.3 Å². The van der Waals surface area contributed by atoms with Crippen molar-refractivity contribution < 1.29 is 21.6 Å². The van der Waals surface area contributed by atoms with Crippen molar-refractivity contribution in [1.29, 1.82) is 0 Å². The van der Waals surface area contributed by atoms with Crippen molar-refractivity contribution in [2.75, 3.05) is 0 Å². The van der Waals surface area contributed by atoms with Crippen LogP contribution in [-0.4, -0.2) is 18.4 Å². The molecule has 0 aliphatic carbocycles. The molecule has 1 N–H and O–H groups in total. The smallest absolute Gasteiger partial charge is 0.245 e. The minimum Gasteiger partial charge on any atom is -0.245 e. The number of rotatable bonds is 5. The summed E-state index contributed by atoms with van der Waals surface area (Å²) in [5.74, 6) is 0. The zero-order valence-corrected chi connectivity index (χ0v) is 14.6. The predicted octanol–water partition coefficient (Wildman–Crippen LogP) is 3.64. The Morgan fingerprint density at radius 2 is 1.78 bits per heavy atom. The Morgan fingerprint density at radius 1 is 1.00 bits per heavy atom. The number of benzene rings is 2. The second-order valence-corrected chi connectivity index (χ2v) is 7.41. The van der Waals surface area contributed by atoms with Crippen molar-refractivity contribution in [3.05, 3.63) is 78.2 Å². The third-order valence-corrected chi connectivity index (χ3v) is 5.14. The number of halogens is 3. The molecule has 9 heteroatoms. The van der Waals surface area contributed by atoms with Gasteiger partial charge < -0.3 is 0 Å². The summed E-state index contributed by atoms with van der Waals surface area (Å²) in [4.78, 5) is 7.52. The van der Waals surface area contributed by atoms with E-state index in [1.807, 2.05) is 6.07 Å². The Hall–Kier alpha value is -2.78. The first kappa shape index (κ1) is 19.0. The van der Waals surface area contributed by atoms with Crippen molar-refractivity contribution in [2.45, 2.75) is 17.6 Å². The predicted molar refractivity (Wildman–Crippen MR) is 92.9 cm³/mol. The fourth-order valence-electron chi connectivity index (χ4n) is 2.40. The summed E-state index contributed by atoms with van der Waals surface area (Å²) in [5.41, 5.74) is 1.07. The van der Waals surface area contributed by atoms with E-state index >= 15 is 0 Å². The van der Waals surface area contributed by atoms with E-state index in [2.05, 4.69) is 14.7 Å². The summed E-state index contributed by atoms with van der Waals surface area (Å²) >= 11 is 0. The van der Waals surface area contributed by atoms with E-state index in [4.69, 9.17) is 0 Å². The average molecular weight is 393 g/mol. The van der Waals surface area contributed by atoms with Gasteiger partial charge in [0.1, 0.15) is 6.33 Å². The van der Waals surface area contributed by atoms with Gasteiger partial charge in [0.05, 0.1) is 16.2 Å². The highest BCUT2D eigenvalue weighted by Crippen LogP contribution is 2.30.